The van der Waals surface area contributed by atoms with Gasteiger partial charge in [0.25, 0.3) is 0 Å². The monoisotopic (exact) mass is 427 g/mol. The topological polar surface area (TPSA) is 90.9 Å². The number of hydrogen-bond donors (Lipinski definition) is 0. The Bertz CT molecular complexity index is 900. The third kappa shape index (κ3) is 6.41. The smallest absolute Gasteiger partial charge is 0.410 e. The van der Waals surface area contributed by atoms with Crippen LogP contribution in [0.2, 0.25) is 0 Å². The molecule has 31 heavy (non-hydrogen) atoms. The van der Waals surface area contributed by atoms with Gasteiger partial charge in [0.15, 0.2) is 0 Å². The third-order valence-electron chi connectivity index (χ3n) is 4.92. The molecule has 8 nitrogen and oxygen atoms in total. The van der Waals surface area contributed by atoms with E-state index >= 15 is 0 Å². The maximum atomic E-state index is 12.2. The Labute approximate surface area is 182 Å². The molecule has 0 bridgehead atoms. The highest BCUT2D eigenvalue weighted by atomic mass is 16.6. The molecular formula is C23H29N3O5. The van der Waals surface area contributed by atoms with Crippen molar-refractivity contribution >= 4 is 12.1 Å². The summed E-state index contributed by atoms with van der Waals surface area (Å²) in [5, 5.41) is 0. The number of aromatic nitrogens is 2. The van der Waals surface area contributed by atoms with Crippen molar-refractivity contribution in [1.82, 2.24) is 14.9 Å². The minimum absolute atomic E-state index is 0.245. The fraction of sp³-hybridized carbons (Fsp3) is 0.478. The maximum Gasteiger partial charge on any atom is 0.410 e. The Kier molecular flexibility index (Phi) is 7.09. The van der Waals surface area contributed by atoms with Crippen molar-refractivity contribution in [2.45, 2.75) is 51.7 Å². The van der Waals surface area contributed by atoms with Crippen LogP contribution < -0.4 is 4.74 Å². The summed E-state index contributed by atoms with van der Waals surface area (Å²) in [6.07, 6.45) is 2.85. The average molecular weight is 428 g/mol. The zero-order chi connectivity index (χ0) is 22.4. The Hall–Kier alpha value is -3.16. The molecule has 3 heterocycles. The van der Waals surface area contributed by atoms with E-state index in [-0.39, 0.29) is 18.6 Å². The summed E-state index contributed by atoms with van der Waals surface area (Å²) in [5.41, 5.74) is 1.54. The van der Waals surface area contributed by atoms with Crippen molar-refractivity contribution in [3.63, 3.8) is 0 Å². The quantitative estimate of drug-likeness (QED) is 0.667. The van der Waals surface area contributed by atoms with Crippen molar-refractivity contribution in [2.75, 3.05) is 20.2 Å². The predicted molar refractivity (Wildman–Crippen MR) is 114 cm³/mol. The molecule has 1 aliphatic rings. The van der Waals surface area contributed by atoms with Crippen molar-refractivity contribution in [2.24, 2.45) is 0 Å². The molecule has 3 rings (SSSR count). The predicted octanol–water partition coefficient (Wildman–Crippen LogP) is 3.96. The highest BCUT2D eigenvalue weighted by Crippen LogP contribution is 2.28. The van der Waals surface area contributed by atoms with Crippen molar-refractivity contribution in [1.29, 1.82) is 0 Å². The van der Waals surface area contributed by atoms with Crippen LogP contribution in [-0.4, -0.2) is 52.7 Å². The number of hydrogen-bond acceptors (Lipinski definition) is 7. The van der Waals surface area contributed by atoms with Crippen LogP contribution in [0.4, 0.5) is 4.79 Å². The lowest BCUT2D eigenvalue weighted by atomic mass is 9.93. The van der Waals surface area contributed by atoms with Gasteiger partial charge in [-0.2, -0.15) is 0 Å². The first kappa shape index (κ1) is 22.5. The van der Waals surface area contributed by atoms with Gasteiger partial charge in [-0.05, 0) is 51.8 Å². The highest BCUT2D eigenvalue weighted by molar-refractivity contribution is 5.88. The van der Waals surface area contributed by atoms with Crippen molar-refractivity contribution in [3.8, 4) is 5.88 Å². The maximum absolute atomic E-state index is 12.2. The normalized spacial score (nSPS) is 14.8. The number of carbonyl (C=O) groups is 2. The number of ether oxygens (including phenoxy) is 3. The van der Waals surface area contributed by atoms with Crippen LogP contribution >= 0.6 is 0 Å². The molecule has 0 spiro atoms. The molecule has 8 heteroatoms. The number of methoxy groups -OCH3 is 1. The summed E-state index contributed by atoms with van der Waals surface area (Å²) in [5.74, 6) is 0.359. The van der Waals surface area contributed by atoms with Crippen LogP contribution in [0.1, 0.15) is 61.3 Å². The average Bonchev–Trinajstić information content (AvgIpc) is 2.76. The van der Waals surface area contributed by atoms with Gasteiger partial charge in [-0.15, -0.1) is 0 Å². The number of esters is 1. The number of pyridine rings is 2. The van der Waals surface area contributed by atoms with Gasteiger partial charge in [0.2, 0.25) is 5.88 Å². The number of rotatable bonds is 5. The van der Waals surface area contributed by atoms with E-state index in [0.29, 0.717) is 30.2 Å². The first-order valence-corrected chi connectivity index (χ1v) is 10.4. The van der Waals surface area contributed by atoms with E-state index in [1.807, 2.05) is 39.0 Å². The van der Waals surface area contributed by atoms with Gasteiger partial charge >= 0.3 is 12.1 Å². The second kappa shape index (κ2) is 9.76. The summed E-state index contributed by atoms with van der Waals surface area (Å²) < 4.78 is 15.9. The summed E-state index contributed by atoms with van der Waals surface area (Å²) in [4.78, 5) is 34.3. The number of likely N-dealkylation sites (tertiary alicyclic amines) is 1. The summed E-state index contributed by atoms with van der Waals surface area (Å²) in [6.45, 7) is 7.14. The Balaban J connectivity index is 1.54. The third-order valence-corrected chi connectivity index (χ3v) is 4.92. The highest BCUT2D eigenvalue weighted by Gasteiger charge is 2.28. The van der Waals surface area contributed by atoms with E-state index in [9.17, 15) is 9.59 Å². The molecule has 1 aliphatic heterocycles. The molecule has 0 unspecified atom stereocenters. The molecule has 0 aromatic carbocycles. The van der Waals surface area contributed by atoms with Gasteiger partial charge in [0.05, 0.1) is 18.4 Å². The van der Waals surface area contributed by atoms with Gasteiger partial charge in [-0.1, -0.05) is 6.07 Å². The molecule has 2 aromatic rings. The van der Waals surface area contributed by atoms with E-state index in [2.05, 4.69) is 14.7 Å². The Morgan fingerprint density at radius 2 is 1.87 bits per heavy atom. The fourth-order valence-corrected chi connectivity index (χ4v) is 3.32. The van der Waals surface area contributed by atoms with Crippen LogP contribution in [0.25, 0.3) is 0 Å². The minimum Gasteiger partial charge on any atom is -0.471 e. The van der Waals surface area contributed by atoms with Crippen molar-refractivity contribution < 1.29 is 23.8 Å². The van der Waals surface area contributed by atoms with Crippen LogP contribution in [0.15, 0.2) is 36.5 Å². The van der Waals surface area contributed by atoms with E-state index in [1.54, 1.807) is 17.0 Å². The number of nitrogens with zero attached hydrogens (tertiary/aromatic N) is 3. The molecular weight excluding hydrogens is 398 g/mol. The molecule has 0 radical (unpaired) electrons. The van der Waals surface area contributed by atoms with E-state index in [0.717, 1.165) is 18.5 Å². The Morgan fingerprint density at radius 1 is 1.13 bits per heavy atom. The molecule has 1 saturated heterocycles. The Morgan fingerprint density at radius 3 is 2.48 bits per heavy atom. The van der Waals surface area contributed by atoms with Crippen molar-refractivity contribution in [3.05, 3.63) is 53.5 Å². The molecule has 166 valence electrons. The number of carbonyl (C=O) groups excluding carboxylic acids is 2. The van der Waals surface area contributed by atoms with Crippen LogP contribution in [0.5, 0.6) is 5.88 Å². The molecule has 1 fully saturated rings. The van der Waals surface area contributed by atoms with E-state index < -0.39 is 11.6 Å². The summed E-state index contributed by atoms with van der Waals surface area (Å²) in [6, 6.07) is 9.10. The fourth-order valence-electron chi connectivity index (χ4n) is 3.32. The van der Waals surface area contributed by atoms with Crippen LogP contribution in [0.3, 0.4) is 0 Å². The lowest BCUT2D eigenvalue weighted by Gasteiger charge is -2.33. The molecule has 0 saturated carbocycles. The summed E-state index contributed by atoms with van der Waals surface area (Å²) >= 11 is 0. The first-order chi connectivity index (χ1) is 14.7. The van der Waals surface area contributed by atoms with Gasteiger partial charge in [-0.25, -0.2) is 14.6 Å². The second-order valence-corrected chi connectivity index (χ2v) is 8.46. The van der Waals surface area contributed by atoms with Crippen LogP contribution in [-0.2, 0) is 16.1 Å². The van der Waals surface area contributed by atoms with Crippen LogP contribution in [0, 0.1) is 0 Å². The van der Waals surface area contributed by atoms with Gasteiger partial charge < -0.3 is 19.1 Å². The molecule has 0 aliphatic carbocycles. The number of piperidine rings is 1. The zero-order valence-electron chi connectivity index (χ0n) is 18.5. The SMILES string of the molecule is COC(=O)c1ccc(COc2cccc(C3CCN(C(=O)OC(C)(C)C)CC3)n2)nc1. The minimum atomic E-state index is -0.490. The lowest BCUT2D eigenvalue weighted by Crippen LogP contribution is -2.41. The first-order valence-electron chi connectivity index (χ1n) is 10.4. The molecule has 1 amide bonds. The van der Waals surface area contributed by atoms with E-state index in [4.69, 9.17) is 9.47 Å². The van der Waals surface area contributed by atoms with Gasteiger partial charge in [0.1, 0.15) is 12.2 Å². The molecule has 2 aromatic heterocycles. The molecule has 0 atom stereocenters. The summed E-state index contributed by atoms with van der Waals surface area (Å²) in [7, 11) is 1.33. The van der Waals surface area contributed by atoms with Gasteiger partial charge in [0, 0.05) is 37.0 Å². The van der Waals surface area contributed by atoms with Gasteiger partial charge in [-0.3, -0.25) is 4.98 Å². The zero-order valence-corrected chi connectivity index (χ0v) is 18.5. The number of amides is 1. The standard InChI is InChI=1S/C23H29N3O5/c1-23(2,3)31-22(28)26-12-10-16(11-13-26)19-6-5-7-20(25-19)30-15-18-9-8-17(14-24-18)21(27)29-4/h5-9,14,16H,10-13,15H2,1-4H3. The lowest BCUT2D eigenvalue weighted by molar-refractivity contribution is 0.0203. The van der Waals surface area contributed by atoms with E-state index in [1.165, 1.54) is 13.3 Å². The largest absolute Gasteiger partial charge is 0.471 e. The molecule has 0 N–H and O–H groups in total. The second-order valence-electron chi connectivity index (χ2n) is 8.46.